The van der Waals surface area contributed by atoms with Crippen molar-refractivity contribution >= 4 is 0 Å². The summed E-state index contributed by atoms with van der Waals surface area (Å²) < 4.78 is 51.1. The predicted molar refractivity (Wildman–Crippen MR) is 192 cm³/mol. The van der Waals surface area contributed by atoms with Crippen molar-refractivity contribution in [3.63, 3.8) is 0 Å². The molecule has 0 aliphatic heterocycles. The third kappa shape index (κ3) is 11.2. The second-order valence-corrected chi connectivity index (χ2v) is 14.3. The van der Waals surface area contributed by atoms with E-state index in [9.17, 15) is 0 Å². The van der Waals surface area contributed by atoms with Gasteiger partial charge in [-0.2, -0.15) is 0 Å². The Kier molecular flexibility index (Phi) is 16.8. The summed E-state index contributed by atoms with van der Waals surface area (Å²) in [6.07, 6.45) is 9.69. The minimum atomic E-state index is 0.219. The van der Waals surface area contributed by atoms with Gasteiger partial charge in [0.1, 0.15) is 12.5 Å². The van der Waals surface area contributed by atoms with Gasteiger partial charge in [0, 0.05) is 20.8 Å². The van der Waals surface area contributed by atoms with Crippen LogP contribution in [0.4, 0.5) is 0 Å². The molecule has 0 saturated heterocycles. The van der Waals surface area contributed by atoms with Gasteiger partial charge in [0.05, 0.1) is 65.6 Å². The number of ether oxygens (including phenoxy) is 9. The molecule has 3 aliphatic rings. The molecule has 2 aromatic carbocycles. The summed E-state index contributed by atoms with van der Waals surface area (Å²) in [6.45, 7) is 9.11. The molecule has 0 spiro atoms. The Hall–Kier alpha value is -2.08. The molecule has 6 atom stereocenters. The number of rotatable bonds is 25. The van der Waals surface area contributed by atoms with E-state index in [2.05, 4.69) is 37.3 Å². The minimum Gasteiger partial charge on any atom is -0.468 e. The van der Waals surface area contributed by atoms with Crippen LogP contribution in [0.5, 0.6) is 5.75 Å². The molecule has 2 saturated carbocycles. The van der Waals surface area contributed by atoms with Crippen molar-refractivity contribution < 1.29 is 42.6 Å². The van der Waals surface area contributed by atoms with Crippen molar-refractivity contribution in [1.82, 2.24) is 0 Å². The Balaban J connectivity index is 0.954. The number of fused-ring (bicyclic) bond motifs is 5. The molecule has 0 amide bonds. The van der Waals surface area contributed by atoms with Crippen LogP contribution in [-0.4, -0.2) is 93.4 Å². The minimum absolute atomic E-state index is 0.219. The fourth-order valence-corrected chi connectivity index (χ4v) is 8.90. The van der Waals surface area contributed by atoms with Crippen molar-refractivity contribution in [2.45, 2.75) is 76.9 Å². The second kappa shape index (κ2) is 21.4. The summed E-state index contributed by atoms with van der Waals surface area (Å²) in [5.41, 5.74) is 4.40. The lowest BCUT2D eigenvalue weighted by molar-refractivity contribution is -0.128. The van der Waals surface area contributed by atoms with Crippen LogP contribution < -0.4 is 4.74 Å². The Morgan fingerprint density at radius 3 is 2.08 bits per heavy atom. The van der Waals surface area contributed by atoms with Gasteiger partial charge in [-0.05, 0) is 103 Å². The molecule has 0 N–H and O–H groups in total. The number of benzene rings is 2. The van der Waals surface area contributed by atoms with E-state index >= 15 is 0 Å². The number of unbranched alkanes of at least 4 members (excludes halogenated alkanes) is 1. The highest BCUT2D eigenvalue weighted by molar-refractivity contribution is 5.41. The molecule has 0 bridgehead atoms. The Labute approximate surface area is 300 Å². The molecule has 9 nitrogen and oxygen atoms in total. The highest BCUT2D eigenvalue weighted by Gasteiger charge is 2.57. The molecular weight excluding hydrogens is 636 g/mol. The zero-order valence-electron chi connectivity index (χ0n) is 30.8. The van der Waals surface area contributed by atoms with Crippen LogP contribution in [0.25, 0.3) is 0 Å². The van der Waals surface area contributed by atoms with E-state index in [1.165, 1.54) is 43.2 Å². The van der Waals surface area contributed by atoms with Gasteiger partial charge >= 0.3 is 0 Å². The van der Waals surface area contributed by atoms with E-state index in [1.54, 1.807) is 19.8 Å². The first-order chi connectivity index (χ1) is 24.6. The molecule has 50 heavy (non-hydrogen) atoms. The van der Waals surface area contributed by atoms with Crippen LogP contribution in [0, 0.1) is 23.2 Å². The van der Waals surface area contributed by atoms with Crippen LogP contribution in [0.3, 0.4) is 0 Å². The topological polar surface area (TPSA) is 83.1 Å². The van der Waals surface area contributed by atoms with Gasteiger partial charge in [-0.1, -0.05) is 49.7 Å². The van der Waals surface area contributed by atoms with Crippen LogP contribution >= 0.6 is 0 Å². The number of methoxy groups -OCH3 is 2. The smallest absolute Gasteiger partial charge is 0.188 e. The molecule has 0 heterocycles. The SMILES string of the molecule is COCOc1ccc2c(c1)CC(CCCCOCCOCCOCCOCCOCc1ccccc1)C1C2CCC2(C)C(OCOC)CCC12. The van der Waals surface area contributed by atoms with E-state index in [1.807, 2.05) is 18.2 Å². The summed E-state index contributed by atoms with van der Waals surface area (Å²) in [7, 11) is 3.39. The highest BCUT2D eigenvalue weighted by atomic mass is 16.7. The van der Waals surface area contributed by atoms with Crippen molar-refractivity contribution in [3.05, 3.63) is 65.2 Å². The van der Waals surface area contributed by atoms with Crippen LogP contribution in [0.1, 0.15) is 74.5 Å². The molecule has 5 rings (SSSR count). The van der Waals surface area contributed by atoms with Crippen LogP contribution in [-0.2, 0) is 50.9 Å². The summed E-state index contributed by atoms with van der Waals surface area (Å²) in [5, 5.41) is 0. The first kappa shape index (κ1) is 39.1. The summed E-state index contributed by atoms with van der Waals surface area (Å²) in [6, 6.07) is 16.9. The van der Waals surface area contributed by atoms with Crippen molar-refractivity contribution in [1.29, 1.82) is 0 Å². The summed E-state index contributed by atoms with van der Waals surface area (Å²) in [5.74, 6) is 3.53. The maximum absolute atomic E-state index is 6.28. The van der Waals surface area contributed by atoms with E-state index in [-0.39, 0.29) is 18.3 Å². The molecule has 280 valence electrons. The van der Waals surface area contributed by atoms with E-state index in [0.29, 0.717) is 89.9 Å². The van der Waals surface area contributed by atoms with Gasteiger partial charge in [-0.25, -0.2) is 0 Å². The Bertz CT molecular complexity index is 1210. The molecule has 2 fully saturated rings. The Morgan fingerprint density at radius 1 is 0.700 bits per heavy atom. The maximum Gasteiger partial charge on any atom is 0.188 e. The van der Waals surface area contributed by atoms with Gasteiger partial charge in [-0.3, -0.25) is 0 Å². The largest absolute Gasteiger partial charge is 0.468 e. The van der Waals surface area contributed by atoms with Gasteiger partial charge in [0.15, 0.2) is 6.79 Å². The summed E-state index contributed by atoms with van der Waals surface area (Å²) >= 11 is 0. The first-order valence-corrected chi connectivity index (χ1v) is 18.9. The normalized spacial score (nSPS) is 25.6. The fourth-order valence-electron chi connectivity index (χ4n) is 8.90. The molecule has 3 aliphatic carbocycles. The van der Waals surface area contributed by atoms with E-state index in [0.717, 1.165) is 31.6 Å². The monoisotopic (exact) mass is 698 g/mol. The van der Waals surface area contributed by atoms with Crippen LogP contribution in [0.2, 0.25) is 0 Å². The number of hydrogen-bond donors (Lipinski definition) is 0. The van der Waals surface area contributed by atoms with Gasteiger partial charge in [-0.15, -0.1) is 0 Å². The van der Waals surface area contributed by atoms with E-state index in [4.69, 9.17) is 42.6 Å². The lowest BCUT2D eigenvalue weighted by Gasteiger charge is -2.53. The lowest BCUT2D eigenvalue weighted by atomic mass is 9.52. The quantitative estimate of drug-likeness (QED) is 0.0791. The number of hydrogen-bond acceptors (Lipinski definition) is 9. The van der Waals surface area contributed by atoms with E-state index < -0.39 is 0 Å². The molecule has 0 radical (unpaired) electrons. The fraction of sp³-hybridized carbons (Fsp3) is 0.707. The zero-order chi connectivity index (χ0) is 34.9. The van der Waals surface area contributed by atoms with Gasteiger partial charge < -0.3 is 42.6 Å². The average Bonchev–Trinajstić information content (AvgIpc) is 3.48. The predicted octanol–water partition coefficient (Wildman–Crippen LogP) is 7.19. The first-order valence-electron chi connectivity index (χ1n) is 18.9. The van der Waals surface area contributed by atoms with Gasteiger partial charge in [0.2, 0.25) is 0 Å². The molecule has 9 heteroatoms. The maximum atomic E-state index is 6.28. The standard InChI is InChI=1S/C41H62O9/c1-41-17-16-37-36-13-12-35(49-30-42-2)28-34(36)27-33(40(37)38(41)14-15-39(41)50-31-43-3)11-7-8-18-44-19-20-45-21-22-46-23-24-47-25-26-48-29-32-9-5-4-6-10-32/h4-6,9-10,12-13,28,33,37-40H,7-8,11,14-27,29-31H2,1-3H3. The lowest BCUT2D eigenvalue weighted by Crippen LogP contribution is -2.47. The van der Waals surface area contributed by atoms with Crippen molar-refractivity contribution in [2.75, 3.05) is 87.3 Å². The molecule has 0 aromatic heterocycles. The molecule has 6 unspecified atom stereocenters. The molecule has 2 aromatic rings. The second-order valence-electron chi connectivity index (χ2n) is 14.3. The zero-order valence-corrected chi connectivity index (χ0v) is 30.8. The third-order valence-electron chi connectivity index (χ3n) is 11.2. The average molecular weight is 699 g/mol. The molecular formula is C41H62O9. The van der Waals surface area contributed by atoms with Crippen molar-refractivity contribution in [2.24, 2.45) is 23.2 Å². The van der Waals surface area contributed by atoms with Crippen LogP contribution in [0.15, 0.2) is 48.5 Å². The summed E-state index contributed by atoms with van der Waals surface area (Å²) in [4.78, 5) is 0. The van der Waals surface area contributed by atoms with Crippen molar-refractivity contribution in [3.8, 4) is 5.75 Å². The van der Waals surface area contributed by atoms with Gasteiger partial charge in [0.25, 0.3) is 0 Å². The highest BCUT2D eigenvalue weighted by Crippen LogP contribution is 2.63. The Morgan fingerprint density at radius 2 is 1.38 bits per heavy atom. The third-order valence-corrected chi connectivity index (χ3v) is 11.2.